The zero-order chi connectivity index (χ0) is 34.0. The monoisotopic (exact) mass is 676 g/mol. The number of nitrogens with zero attached hydrogens (tertiary/aromatic N) is 1. The van der Waals surface area contributed by atoms with Crippen molar-refractivity contribution in [3.05, 3.63) is 60.2 Å². The second-order valence-electron chi connectivity index (χ2n) is 12.7. The van der Waals surface area contributed by atoms with E-state index in [0.29, 0.717) is 38.2 Å². The molecule has 2 fully saturated rings. The van der Waals surface area contributed by atoms with Crippen LogP contribution in [0.4, 0.5) is 9.59 Å². The van der Waals surface area contributed by atoms with Crippen LogP contribution >= 0.6 is 0 Å². The molecule has 2 aliphatic heterocycles. The van der Waals surface area contributed by atoms with E-state index in [1.807, 2.05) is 44.2 Å². The van der Waals surface area contributed by atoms with Gasteiger partial charge in [0.25, 0.3) is 0 Å². The maximum Gasteiger partial charge on any atom is 0.407 e. The summed E-state index contributed by atoms with van der Waals surface area (Å²) in [5.74, 6) is 0.449. The maximum absolute atomic E-state index is 14.1. The molecule has 2 saturated heterocycles. The van der Waals surface area contributed by atoms with Gasteiger partial charge in [0.1, 0.15) is 11.9 Å². The lowest BCUT2D eigenvalue weighted by Gasteiger charge is -2.35. The van der Waals surface area contributed by atoms with Gasteiger partial charge in [-0.15, -0.1) is 0 Å². The highest BCUT2D eigenvalue weighted by Gasteiger charge is 2.44. The molecule has 0 radical (unpaired) electrons. The van der Waals surface area contributed by atoms with Crippen molar-refractivity contribution < 1.29 is 42.1 Å². The molecule has 0 aliphatic carbocycles. The van der Waals surface area contributed by atoms with Crippen LogP contribution in [0.2, 0.25) is 0 Å². The maximum atomic E-state index is 14.1. The zero-order valence-electron chi connectivity index (χ0n) is 27.5. The van der Waals surface area contributed by atoms with Gasteiger partial charge >= 0.3 is 12.1 Å². The first-order valence-electron chi connectivity index (χ1n) is 15.9. The lowest BCUT2D eigenvalue weighted by atomic mass is 9.87. The third-order valence-corrected chi connectivity index (χ3v) is 10.4. The van der Waals surface area contributed by atoms with Crippen LogP contribution < -0.4 is 20.7 Å². The van der Waals surface area contributed by atoms with E-state index in [9.17, 15) is 23.1 Å². The molecule has 260 valence electrons. The number of sulfonamides is 1. The molecule has 0 saturated carbocycles. The molecule has 2 aromatic carbocycles. The van der Waals surface area contributed by atoms with Gasteiger partial charge in [0.15, 0.2) is 6.29 Å². The minimum atomic E-state index is -4.10. The molecule has 4 N–H and O–H groups in total. The summed E-state index contributed by atoms with van der Waals surface area (Å²) < 4.78 is 51.6. The number of nitrogens with one attached hydrogen (secondary N) is 3. The van der Waals surface area contributed by atoms with Crippen molar-refractivity contribution >= 4 is 22.1 Å². The second-order valence-corrected chi connectivity index (χ2v) is 14.7. The van der Waals surface area contributed by atoms with Crippen molar-refractivity contribution in [2.45, 2.75) is 69.0 Å². The predicted octanol–water partition coefficient (Wildman–Crippen LogP) is 2.88. The Balaban J connectivity index is 1.54. The molecule has 3 amide bonds. The summed E-state index contributed by atoms with van der Waals surface area (Å²) in [4.78, 5) is 24.8. The highest BCUT2D eigenvalue weighted by Crippen LogP contribution is 2.33. The summed E-state index contributed by atoms with van der Waals surface area (Å²) in [7, 11) is -1.07. The molecular weight excluding hydrogens is 628 g/mol. The fourth-order valence-corrected chi connectivity index (χ4v) is 7.56. The smallest absolute Gasteiger partial charge is 0.407 e. The number of rotatable bonds is 16. The molecule has 47 heavy (non-hydrogen) atoms. The lowest BCUT2D eigenvalue weighted by Crippen LogP contribution is -2.52. The van der Waals surface area contributed by atoms with E-state index in [2.05, 4.69) is 16.0 Å². The number of benzene rings is 2. The fraction of sp³-hybridized carbons (Fsp3) is 0.576. The van der Waals surface area contributed by atoms with Crippen LogP contribution in [-0.4, -0.2) is 101 Å². The standard InChI is InChI=1S/C33H48N4O9S/c1-33(2,16-8-17-35-31(39)34-3)22-37(47(41,42)25-13-11-24(43-4)12-14-25)20-28(38)27(19-23-9-6-5-7-10-23)36-32(40)46-29-21-45-30-26(29)15-18-44-30/h5-7,9-14,26-30,38H,8,15-22H2,1-4H3,(H,36,40)(H2,34,35,39)/t26-,27-,28+,29-,30+/m0/s1. The minimum absolute atomic E-state index is 0.0455. The Bertz CT molecular complexity index is 1410. The lowest BCUT2D eigenvalue weighted by molar-refractivity contribution is -0.0907. The number of alkyl carbamates (subject to hydrolysis) is 1. The fourth-order valence-electron chi connectivity index (χ4n) is 5.92. The second kappa shape index (κ2) is 16.6. The van der Waals surface area contributed by atoms with E-state index < -0.39 is 46.1 Å². The van der Waals surface area contributed by atoms with Crippen molar-refractivity contribution in [1.29, 1.82) is 0 Å². The number of carbonyl (C=O) groups excluding carboxylic acids is 2. The predicted molar refractivity (Wildman–Crippen MR) is 174 cm³/mol. The number of methoxy groups -OCH3 is 1. The minimum Gasteiger partial charge on any atom is -0.497 e. The summed E-state index contributed by atoms with van der Waals surface area (Å²) in [6.07, 6.45) is -0.743. The van der Waals surface area contributed by atoms with E-state index in [-0.39, 0.29) is 43.0 Å². The Labute approximate surface area is 277 Å². The largest absolute Gasteiger partial charge is 0.497 e. The van der Waals surface area contributed by atoms with E-state index in [1.165, 1.54) is 30.6 Å². The molecule has 14 heteroatoms. The SMILES string of the molecule is CNC(=O)NCCCC(C)(C)CN(C[C@@H](O)[C@H](Cc1ccccc1)NC(=O)O[C@H]1CO[C@H]2OCC[C@H]21)S(=O)(=O)c1ccc(OC)cc1. The van der Waals surface area contributed by atoms with Gasteiger partial charge in [0.05, 0.1) is 43.3 Å². The number of aliphatic hydroxyl groups excluding tert-OH is 1. The highest BCUT2D eigenvalue weighted by atomic mass is 32.2. The van der Waals surface area contributed by atoms with E-state index in [1.54, 1.807) is 12.1 Å². The molecule has 0 bridgehead atoms. The number of hydrogen-bond donors (Lipinski definition) is 4. The van der Waals surface area contributed by atoms with Crippen LogP contribution in [0.25, 0.3) is 0 Å². The average molecular weight is 677 g/mol. The van der Waals surface area contributed by atoms with Crippen molar-refractivity contribution in [2.24, 2.45) is 11.3 Å². The first-order valence-corrected chi connectivity index (χ1v) is 17.4. The van der Waals surface area contributed by atoms with Crippen molar-refractivity contribution in [3.8, 4) is 5.75 Å². The summed E-state index contributed by atoms with van der Waals surface area (Å²) >= 11 is 0. The van der Waals surface area contributed by atoms with Crippen LogP contribution in [0.5, 0.6) is 5.75 Å². The molecule has 2 aromatic rings. The molecule has 2 aliphatic rings. The first kappa shape index (κ1) is 36.4. The van der Waals surface area contributed by atoms with Crippen molar-refractivity contribution in [1.82, 2.24) is 20.3 Å². The third kappa shape index (κ3) is 10.3. The molecular formula is C33H48N4O9S. The number of fused-ring (bicyclic) bond motifs is 1. The number of ether oxygens (including phenoxy) is 4. The number of carbonyl (C=O) groups is 2. The molecule has 0 spiro atoms. The van der Waals surface area contributed by atoms with Crippen LogP contribution in [-0.2, 0) is 30.7 Å². The average Bonchev–Trinajstić information content (AvgIpc) is 3.68. The zero-order valence-corrected chi connectivity index (χ0v) is 28.3. The summed E-state index contributed by atoms with van der Waals surface area (Å²) in [6.45, 7) is 4.83. The normalized spacial score (nSPS) is 20.7. The Kier molecular flexibility index (Phi) is 12.9. The van der Waals surface area contributed by atoms with E-state index in [0.717, 1.165) is 5.56 Å². The number of amides is 3. The molecule has 4 rings (SSSR count). The van der Waals surface area contributed by atoms with Crippen LogP contribution in [0.15, 0.2) is 59.5 Å². The Morgan fingerprint density at radius 3 is 2.51 bits per heavy atom. The van der Waals surface area contributed by atoms with Gasteiger partial charge in [0, 0.05) is 26.7 Å². The number of hydrogen-bond acceptors (Lipinski definition) is 9. The van der Waals surface area contributed by atoms with Crippen LogP contribution in [0, 0.1) is 11.3 Å². The van der Waals surface area contributed by atoms with Gasteiger partial charge in [-0.05, 0) is 60.9 Å². The van der Waals surface area contributed by atoms with Crippen molar-refractivity contribution in [3.63, 3.8) is 0 Å². The van der Waals surface area contributed by atoms with Gasteiger partial charge in [0.2, 0.25) is 10.0 Å². The topological polar surface area (TPSA) is 165 Å². The third-order valence-electron chi connectivity index (χ3n) is 8.54. The van der Waals surface area contributed by atoms with Gasteiger partial charge < -0.3 is 40.0 Å². The quantitative estimate of drug-likeness (QED) is 0.196. The van der Waals surface area contributed by atoms with E-state index in [4.69, 9.17) is 18.9 Å². The highest BCUT2D eigenvalue weighted by molar-refractivity contribution is 7.89. The molecule has 2 heterocycles. The molecule has 0 unspecified atom stereocenters. The molecule has 13 nitrogen and oxygen atoms in total. The molecule has 5 atom stereocenters. The number of aliphatic hydroxyl groups is 1. The Morgan fingerprint density at radius 1 is 1.11 bits per heavy atom. The van der Waals surface area contributed by atoms with Gasteiger partial charge in [-0.1, -0.05) is 44.2 Å². The summed E-state index contributed by atoms with van der Waals surface area (Å²) in [5.41, 5.74) is 0.312. The van der Waals surface area contributed by atoms with Crippen LogP contribution in [0.1, 0.15) is 38.7 Å². The Hall–Kier alpha value is -3.43. The molecule has 0 aromatic heterocycles. The Morgan fingerprint density at radius 2 is 1.83 bits per heavy atom. The van der Waals surface area contributed by atoms with Crippen molar-refractivity contribution in [2.75, 3.05) is 47.0 Å². The summed E-state index contributed by atoms with van der Waals surface area (Å²) in [6, 6.07) is 14.2. The van der Waals surface area contributed by atoms with Gasteiger partial charge in [-0.2, -0.15) is 4.31 Å². The number of urea groups is 1. The first-order chi connectivity index (χ1) is 22.4. The van der Waals surface area contributed by atoms with Crippen LogP contribution in [0.3, 0.4) is 0 Å². The van der Waals surface area contributed by atoms with Gasteiger partial charge in [-0.25, -0.2) is 18.0 Å². The summed E-state index contributed by atoms with van der Waals surface area (Å²) in [5, 5.41) is 19.8. The van der Waals surface area contributed by atoms with E-state index >= 15 is 0 Å². The van der Waals surface area contributed by atoms with Gasteiger partial charge in [-0.3, -0.25) is 0 Å².